The van der Waals surface area contributed by atoms with Crippen molar-refractivity contribution < 1.29 is 9.84 Å². The van der Waals surface area contributed by atoms with Crippen LogP contribution in [0.1, 0.15) is 5.56 Å². The van der Waals surface area contributed by atoms with Crippen molar-refractivity contribution in [2.24, 2.45) is 5.10 Å². The zero-order chi connectivity index (χ0) is 13.7. The molecule has 0 unspecified atom stereocenters. The number of halogens is 1. The molecule has 1 aromatic carbocycles. The number of rotatable bonds is 4. The molecule has 0 aliphatic rings. The van der Waals surface area contributed by atoms with Crippen molar-refractivity contribution in [3.8, 4) is 11.5 Å². The van der Waals surface area contributed by atoms with Crippen molar-refractivity contribution in [3.05, 3.63) is 41.0 Å². The lowest BCUT2D eigenvalue weighted by atomic mass is 10.2. The Kier molecular flexibility index (Phi) is 4.15. The molecule has 19 heavy (non-hydrogen) atoms. The fraction of sp³-hybridized carbons (Fsp3) is 0.0833. The zero-order valence-corrected chi connectivity index (χ0v) is 10.8. The minimum absolute atomic E-state index is 0.0798. The summed E-state index contributed by atoms with van der Waals surface area (Å²) in [6.45, 7) is 0. The number of phenolic OH excluding ortho intramolecular Hbond substituents is 1. The third-order valence-corrected chi connectivity index (χ3v) is 2.43. The van der Waals surface area contributed by atoms with E-state index in [1.807, 2.05) is 0 Å². The van der Waals surface area contributed by atoms with Crippen LogP contribution in [0.15, 0.2) is 35.4 Å². The predicted octanol–water partition coefficient (Wildman–Crippen LogP) is 2.29. The second kappa shape index (κ2) is 6.01. The van der Waals surface area contributed by atoms with Crippen molar-refractivity contribution in [1.29, 1.82) is 0 Å². The first-order valence-corrected chi connectivity index (χ1v) is 5.72. The van der Waals surface area contributed by atoms with Crippen molar-refractivity contribution in [2.45, 2.75) is 0 Å². The molecule has 0 saturated carbocycles. The van der Waals surface area contributed by atoms with Gasteiger partial charge in [0, 0.05) is 0 Å². The van der Waals surface area contributed by atoms with Crippen LogP contribution in [0.3, 0.4) is 0 Å². The molecule has 98 valence electrons. The quantitative estimate of drug-likeness (QED) is 0.662. The van der Waals surface area contributed by atoms with Crippen LogP contribution in [0, 0.1) is 0 Å². The van der Waals surface area contributed by atoms with Crippen molar-refractivity contribution in [3.63, 3.8) is 0 Å². The van der Waals surface area contributed by atoms with Crippen molar-refractivity contribution >= 4 is 23.6 Å². The van der Waals surface area contributed by atoms with E-state index < -0.39 is 0 Å². The molecular formula is C12H11ClN4O2. The number of hydrazone groups is 1. The highest BCUT2D eigenvalue weighted by atomic mass is 35.5. The monoisotopic (exact) mass is 278 g/mol. The van der Waals surface area contributed by atoms with E-state index in [9.17, 15) is 5.11 Å². The molecule has 2 rings (SSSR count). The normalized spacial score (nSPS) is 10.6. The lowest BCUT2D eigenvalue weighted by molar-refractivity contribution is 0.373. The number of aromatic hydroxyl groups is 1. The Hall–Kier alpha value is -2.34. The number of nitrogens with zero attached hydrogens (tertiary/aromatic N) is 3. The molecule has 0 radical (unpaired) electrons. The second-order valence-electron chi connectivity index (χ2n) is 3.54. The van der Waals surface area contributed by atoms with E-state index in [2.05, 4.69) is 20.7 Å². The lowest BCUT2D eigenvalue weighted by Crippen LogP contribution is -1.95. The van der Waals surface area contributed by atoms with Gasteiger partial charge in [-0.2, -0.15) is 5.10 Å². The van der Waals surface area contributed by atoms with Gasteiger partial charge in [0.15, 0.2) is 22.5 Å². The minimum atomic E-state index is 0.0798. The van der Waals surface area contributed by atoms with E-state index in [4.69, 9.17) is 16.3 Å². The summed E-state index contributed by atoms with van der Waals surface area (Å²) in [5.74, 6) is 0.942. The largest absolute Gasteiger partial charge is 0.504 e. The summed E-state index contributed by atoms with van der Waals surface area (Å²) in [7, 11) is 1.48. The molecule has 2 aromatic rings. The van der Waals surface area contributed by atoms with E-state index in [0.717, 1.165) is 5.56 Å². The molecule has 7 heteroatoms. The molecule has 0 saturated heterocycles. The van der Waals surface area contributed by atoms with Crippen LogP contribution in [0.2, 0.25) is 5.15 Å². The van der Waals surface area contributed by atoms with Gasteiger partial charge in [0.2, 0.25) is 0 Å². The van der Waals surface area contributed by atoms with E-state index in [-0.39, 0.29) is 5.75 Å². The Morgan fingerprint density at radius 1 is 1.32 bits per heavy atom. The molecule has 1 aromatic heterocycles. The van der Waals surface area contributed by atoms with E-state index >= 15 is 0 Å². The summed E-state index contributed by atoms with van der Waals surface area (Å²) >= 11 is 5.61. The molecule has 0 fully saturated rings. The number of anilines is 1. The molecule has 0 atom stereocenters. The number of methoxy groups -OCH3 is 1. The molecule has 0 spiro atoms. The highest BCUT2D eigenvalue weighted by Crippen LogP contribution is 2.25. The van der Waals surface area contributed by atoms with E-state index in [1.54, 1.807) is 30.5 Å². The second-order valence-corrected chi connectivity index (χ2v) is 3.93. The number of ether oxygens (including phenoxy) is 1. The van der Waals surface area contributed by atoms with Gasteiger partial charge in [-0.25, -0.2) is 0 Å². The van der Waals surface area contributed by atoms with Crippen LogP contribution >= 0.6 is 11.6 Å². The molecule has 1 heterocycles. The van der Waals surface area contributed by atoms with Crippen LogP contribution in [0.4, 0.5) is 5.82 Å². The summed E-state index contributed by atoms with van der Waals surface area (Å²) in [6, 6.07) is 8.16. The number of hydrogen-bond donors (Lipinski definition) is 2. The molecule has 0 aliphatic heterocycles. The molecule has 0 bridgehead atoms. The van der Waals surface area contributed by atoms with Gasteiger partial charge in [-0.3, -0.25) is 5.43 Å². The molecule has 6 nitrogen and oxygen atoms in total. The van der Waals surface area contributed by atoms with Crippen LogP contribution < -0.4 is 10.2 Å². The van der Waals surface area contributed by atoms with Gasteiger partial charge >= 0.3 is 0 Å². The van der Waals surface area contributed by atoms with Gasteiger partial charge in [-0.05, 0) is 35.9 Å². The zero-order valence-electron chi connectivity index (χ0n) is 10.0. The maximum atomic E-state index is 9.45. The lowest BCUT2D eigenvalue weighted by Gasteiger charge is -2.03. The number of aromatic nitrogens is 2. The van der Waals surface area contributed by atoms with E-state index in [0.29, 0.717) is 16.7 Å². The Bertz CT molecular complexity index is 587. The molecule has 0 amide bonds. The van der Waals surface area contributed by atoms with Gasteiger partial charge in [0.05, 0.1) is 13.3 Å². The Balaban J connectivity index is 2.04. The summed E-state index contributed by atoms with van der Waals surface area (Å²) in [5, 5.41) is 21.2. The highest BCUT2D eigenvalue weighted by Gasteiger charge is 2.00. The molecule has 0 aliphatic carbocycles. The van der Waals surface area contributed by atoms with Crippen LogP contribution in [-0.4, -0.2) is 28.6 Å². The smallest absolute Gasteiger partial charge is 0.168 e. The number of benzene rings is 1. The predicted molar refractivity (Wildman–Crippen MR) is 72.9 cm³/mol. The number of phenols is 1. The summed E-state index contributed by atoms with van der Waals surface area (Å²) in [6.07, 6.45) is 1.57. The molecule has 2 N–H and O–H groups in total. The minimum Gasteiger partial charge on any atom is -0.504 e. The Morgan fingerprint density at radius 2 is 2.16 bits per heavy atom. The van der Waals surface area contributed by atoms with Gasteiger partial charge in [-0.1, -0.05) is 11.6 Å². The first-order chi connectivity index (χ1) is 9.19. The first kappa shape index (κ1) is 13.1. The van der Waals surface area contributed by atoms with Crippen molar-refractivity contribution in [2.75, 3.05) is 12.5 Å². The van der Waals surface area contributed by atoms with Gasteiger partial charge in [-0.15, -0.1) is 10.2 Å². The number of hydrogen-bond acceptors (Lipinski definition) is 6. The summed E-state index contributed by atoms with van der Waals surface area (Å²) in [5.41, 5.74) is 3.47. The average molecular weight is 279 g/mol. The van der Waals surface area contributed by atoms with Gasteiger partial charge in [0.25, 0.3) is 0 Å². The SMILES string of the molecule is COc1cc(/C=N\Nc2ccc(Cl)nn2)ccc1O. The Morgan fingerprint density at radius 3 is 2.84 bits per heavy atom. The van der Waals surface area contributed by atoms with Crippen LogP contribution in [-0.2, 0) is 0 Å². The third kappa shape index (κ3) is 3.56. The topological polar surface area (TPSA) is 79.6 Å². The van der Waals surface area contributed by atoms with Gasteiger partial charge < -0.3 is 9.84 Å². The van der Waals surface area contributed by atoms with Gasteiger partial charge in [0.1, 0.15) is 0 Å². The Labute approximate surface area is 114 Å². The maximum absolute atomic E-state index is 9.45. The number of nitrogens with one attached hydrogen (secondary N) is 1. The standard InChI is InChI=1S/C12H11ClN4O2/c1-19-10-6-8(2-3-9(10)18)7-14-16-12-5-4-11(13)15-17-12/h2-7,18H,1H3,(H,16,17)/b14-7-. The average Bonchev–Trinajstić information content (AvgIpc) is 2.43. The summed E-state index contributed by atoms with van der Waals surface area (Å²) in [4.78, 5) is 0. The van der Waals surface area contributed by atoms with E-state index in [1.165, 1.54) is 13.2 Å². The highest BCUT2D eigenvalue weighted by molar-refractivity contribution is 6.29. The third-order valence-electron chi connectivity index (χ3n) is 2.23. The van der Waals surface area contributed by atoms with Crippen LogP contribution in [0.25, 0.3) is 0 Å². The fourth-order valence-electron chi connectivity index (χ4n) is 1.32. The van der Waals surface area contributed by atoms with Crippen molar-refractivity contribution in [1.82, 2.24) is 10.2 Å². The first-order valence-electron chi connectivity index (χ1n) is 5.34. The van der Waals surface area contributed by atoms with Crippen LogP contribution in [0.5, 0.6) is 11.5 Å². The molecular weight excluding hydrogens is 268 g/mol. The summed E-state index contributed by atoms with van der Waals surface area (Å²) < 4.78 is 4.99. The maximum Gasteiger partial charge on any atom is 0.168 e. The fourth-order valence-corrected chi connectivity index (χ4v) is 1.42.